The Morgan fingerprint density at radius 1 is 0.938 bits per heavy atom. The van der Waals surface area contributed by atoms with Crippen LogP contribution in [0.2, 0.25) is 5.02 Å². The second-order valence-electron chi connectivity index (χ2n) is 7.85. The van der Waals surface area contributed by atoms with Crippen LogP contribution in [0, 0.1) is 0 Å². The van der Waals surface area contributed by atoms with E-state index in [1.165, 1.54) is 5.56 Å². The lowest BCUT2D eigenvalue weighted by atomic mass is 10.1. The quantitative estimate of drug-likeness (QED) is 0.327. The molecule has 0 spiro atoms. The fourth-order valence-electron chi connectivity index (χ4n) is 3.74. The number of hydrogen-bond acceptors (Lipinski definition) is 5. The Hall–Kier alpha value is -2.54. The molecule has 0 bridgehead atoms. The predicted octanol–water partition coefficient (Wildman–Crippen LogP) is 5.49. The van der Waals surface area contributed by atoms with Crippen LogP contribution < -0.4 is 4.90 Å². The minimum absolute atomic E-state index is 0.632. The van der Waals surface area contributed by atoms with Gasteiger partial charge >= 0.3 is 0 Å². The van der Waals surface area contributed by atoms with Crippen molar-refractivity contribution >= 4 is 40.3 Å². The summed E-state index contributed by atoms with van der Waals surface area (Å²) >= 11 is 8.47. The number of para-hydroxylation sites is 2. The summed E-state index contributed by atoms with van der Waals surface area (Å²) in [7, 11) is 4.24. The summed E-state index contributed by atoms with van der Waals surface area (Å²) < 4.78 is 2.09. The molecular formula is C25H28ClN5S. The van der Waals surface area contributed by atoms with Crippen molar-refractivity contribution in [1.82, 2.24) is 18.8 Å². The maximum atomic E-state index is 6.87. The number of halogens is 1. The van der Waals surface area contributed by atoms with Gasteiger partial charge in [0, 0.05) is 39.1 Å². The van der Waals surface area contributed by atoms with E-state index >= 15 is 0 Å². The molecule has 0 aliphatic heterocycles. The number of nitrogens with zero attached hydrogens (tertiary/aromatic N) is 5. The minimum Gasteiger partial charge on any atom is -0.372 e. The first-order valence-corrected chi connectivity index (χ1v) is 12.2. The predicted molar refractivity (Wildman–Crippen MR) is 138 cm³/mol. The van der Waals surface area contributed by atoms with E-state index in [0.717, 1.165) is 48.6 Å². The van der Waals surface area contributed by atoms with Gasteiger partial charge in [-0.1, -0.05) is 54.1 Å². The molecule has 0 aliphatic carbocycles. The second kappa shape index (κ2) is 10.4. The summed E-state index contributed by atoms with van der Waals surface area (Å²) in [6.45, 7) is 2.83. The number of benzene rings is 2. The highest BCUT2D eigenvalue weighted by molar-refractivity contribution is 7.97. The van der Waals surface area contributed by atoms with E-state index in [2.05, 4.69) is 69.2 Å². The summed E-state index contributed by atoms with van der Waals surface area (Å²) in [5, 5.41) is 0.632. The Morgan fingerprint density at radius 3 is 2.47 bits per heavy atom. The van der Waals surface area contributed by atoms with E-state index in [1.807, 2.05) is 36.7 Å². The highest BCUT2D eigenvalue weighted by Gasteiger charge is 2.19. The van der Waals surface area contributed by atoms with Gasteiger partial charge in [0.25, 0.3) is 0 Å². The average molecular weight is 466 g/mol. The number of anilines is 1. The van der Waals surface area contributed by atoms with Crippen LogP contribution in [0.15, 0.2) is 66.9 Å². The topological polar surface area (TPSA) is 37.2 Å². The number of pyridine rings is 1. The fourth-order valence-corrected chi connectivity index (χ4v) is 4.73. The lowest BCUT2D eigenvalue weighted by Gasteiger charge is -2.25. The molecule has 2 aromatic carbocycles. The Balaban J connectivity index is 1.47. The molecule has 0 aliphatic rings. The summed E-state index contributed by atoms with van der Waals surface area (Å²) in [4.78, 5) is 13.9. The van der Waals surface area contributed by atoms with Crippen molar-refractivity contribution in [1.29, 1.82) is 0 Å². The maximum absolute atomic E-state index is 6.87. The van der Waals surface area contributed by atoms with E-state index in [0.29, 0.717) is 10.7 Å². The zero-order valence-electron chi connectivity index (χ0n) is 18.7. The smallest absolute Gasteiger partial charge is 0.171 e. The molecule has 0 saturated heterocycles. The number of hydrogen-bond donors (Lipinski definition) is 0. The molecule has 0 radical (unpaired) electrons. The van der Waals surface area contributed by atoms with Crippen LogP contribution in [-0.2, 0) is 6.42 Å². The number of fused-ring (bicyclic) bond motifs is 1. The van der Waals surface area contributed by atoms with E-state index in [1.54, 1.807) is 11.9 Å². The zero-order valence-corrected chi connectivity index (χ0v) is 20.3. The molecule has 0 N–H and O–H groups in total. The van der Waals surface area contributed by atoms with Gasteiger partial charge in [0.1, 0.15) is 5.69 Å². The average Bonchev–Trinajstić information content (AvgIpc) is 3.20. The molecule has 5 nitrogen and oxygen atoms in total. The van der Waals surface area contributed by atoms with Crippen molar-refractivity contribution in [2.75, 3.05) is 44.9 Å². The van der Waals surface area contributed by atoms with Crippen molar-refractivity contribution in [2.24, 2.45) is 0 Å². The van der Waals surface area contributed by atoms with E-state index < -0.39 is 0 Å². The lowest BCUT2D eigenvalue weighted by molar-refractivity contribution is 0.346. The van der Waals surface area contributed by atoms with Gasteiger partial charge in [0.05, 0.1) is 21.7 Å². The van der Waals surface area contributed by atoms with Gasteiger partial charge in [0.15, 0.2) is 5.82 Å². The first-order chi connectivity index (χ1) is 15.6. The monoisotopic (exact) mass is 465 g/mol. The standard InChI is InChI=1S/C25H28ClN5S/c1-29(16-14-19-9-5-4-6-10-19)17-18-30(2)22-13-15-27-24(23(22)26)25-28-20-11-7-8-12-21(20)31(25)32-3/h4-13,15H,14,16-18H2,1-3H3. The molecular weight excluding hydrogens is 438 g/mol. The minimum atomic E-state index is 0.632. The lowest BCUT2D eigenvalue weighted by Crippen LogP contribution is -2.32. The van der Waals surface area contributed by atoms with Crippen molar-refractivity contribution in [3.63, 3.8) is 0 Å². The zero-order chi connectivity index (χ0) is 22.5. The second-order valence-corrected chi connectivity index (χ2v) is 8.96. The number of aromatic nitrogens is 3. The molecule has 0 fully saturated rings. The van der Waals surface area contributed by atoms with Gasteiger partial charge in [-0.05, 0) is 49.2 Å². The van der Waals surface area contributed by atoms with Gasteiger partial charge in [-0.2, -0.15) is 0 Å². The van der Waals surface area contributed by atoms with Crippen molar-refractivity contribution in [2.45, 2.75) is 6.42 Å². The van der Waals surface area contributed by atoms with E-state index in [-0.39, 0.29) is 0 Å². The third-order valence-corrected chi connectivity index (χ3v) is 6.74. The van der Waals surface area contributed by atoms with Gasteiger partial charge in [-0.3, -0.25) is 8.96 Å². The molecule has 32 heavy (non-hydrogen) atoms. The molecule has 2 aromatic heterocycles. The highest BCUT2D eigenvalue weighted by atomic mass is 35.5. The van der Waals surface area contributed by atoms with Crippen LogP contribution in [0.25, 0.3) is 22.6 Å². The van der Waals surface area contributed by atoms with Gasteiger partial charge in [-0.15, -0.1) is 0 Å². The van der Waals surface area contributed by atoms with Crippen molar-refractivity contribution < 1.29 is 0 Å². The molecule has 0 unspecified atom stereocenters. The van der Waals surface area contributed by atoms with Crippen LogP contribution in [0.5, 0.6) is 0 Å². The number of imidazole rings is 1. The summed E-state index contributed by atoms with van der Waals surface area (Å²) in [5.74, 6) is 0.777. The first-order valence-electron chi connectivity index (χ1n) is 10.7. The summed E-state index contributed by atoms with van der Waals surface area (Å²) in [6, 6.07) is 20.7. The molecule has 0 amide bonds. The third-order valence-electron chi connectivity index (χ3n) is 5.64. The molecule has 0 saturated carbocycles. The Morgan fingerprint density at radius 2 is 1.69 bits per heavy atom. The van der Waals surface area contributed by atoms with Crippen LogP contribution in [0.3, 0.4) is 0 Å². The van der Waals surface area contributed by atoms with Crippen LogP contribution in [0.4, 0.5) is 5.69 Å². The van der Waals surface area contributed by atoms with E-state index in [4.69, 9.17) is 16.6 Å². The number of rotatable bonds is 9. The molecule has 7 heteroatoms. The summed E-state index contributed by atoms with van der Waals surface area (Å²) in [6.07, 6.45) is 4.90. The molecule has 4 rings (SSSR count). The van der Waals surface area contributed by atoms with Crippen molar-refractivity contribution in [3.8, 4) is 11.5 Å². The van der Waals surface area contributed by atoms with Crippen LogP contribution in [-0.4, -0.2) is 58.8 Å². The highest BCUT2D eigenvalue weighted by Crippen LogP contribution is 2.36. The van der Waals surface area contributed by atoms with Gasteiger partial charge in [-0.25, -0.2) is 4.98 Å². The largest absolute Gasteiger partial charge is 0.372 e. The number of likely N-dealkylation sites (N-methyl/N-ethyl adjacent to an activating group) is 2. The van der Waals surface area contributed by atoms with Gasteiger partial charge < -0.3 is 9.80 Å². The third kappa shape index (κ3) is 4.93. The Bertz CT molecular complexity index is 1180. The maximum Gasteiger partial charge on any atom is 0.171 e. The first kappa shape index (κ1) is 22.6. The summed E-state index contributed by atoms with van der Waals surface area (Å²) in [5.41, 5.74) is 5.04. The SMILES string of the molecule is CSn1c(-c2nccc(N(C)CCN(C)CCc3ccccc3)c2Cl)nc2ccccc21. The van der Waals surface area contributed by atoms with E-state index in [9.17, 15) is 0 Å². The van der Waals surface area contributed by atoms with Crippen LogP contribution >= 0.6 is 23.5 Å². The van der Waals surface area contributed by atoms with Crippen LogP contribution in [0.1, 0.15) is 5.56 Å². The molecule has 0 atom stereocenters. The molecule has 4 aromatic rings. The molecule has 166 valence electrons. The van der Waals surface area contributed by atoms with Crippen molar-refractivity contribution in [3.05, 3.63) is 77.4 Å². The Labute approximate surface area is 199 Å². The molecule has 2 heterocycles. The fraction of sp³-hybridized carbons (Fsp3) is 0.280. The van der Waals surface area contributed by atoms with Gasteiger partial charge in [0.2, 0.25) is 0 Å². The normalized spacial score (nSPS) is 11.4. The Kier molecular flexibility index (Phi) is 7.35.